The highest BCUT2D eigenvalue weighted by Gasteiger charge is 2.23. The van der Waals surface area contributed by atoms with E-state index in [2.05, 4.69) is 30.1 Å². The van der Waals surface area contributed by atoms with Gasteiger partial charge in [-0.05, 0) is 54.7 Å². The van der Waals surface area contributed by atoms with Gasteiger partial charge in [-0.3, -0.25) is 9.59 Å². The molecule has 7 heteroatoms. The van der Waals surface area contributed by atoms with Gasteiger partial charge in [-0.25, -0.2) is 0 Å². The maximum atomic E-state index is 12.8. The van der Waals surface area contributed by atoms with Crippen molar-refractivity contribution < 1.29 is 14.3 Å². The highest BCUT2D eigenvalue weighted by atomic mass is 35.5. The molecule has 1 saturated heterocycles. The number of nitrogens with zero attached hydrogens (tertiary/aromatic N) is 2. The van der Waals surface area contributed by atoms with Gasteiger partial charge in [0.2, 0.25) is 5.91 Å². The summed E-state index contributed by atoms with van der Waals surface area (Å²) in [6.45, 7) is 10.9. The molecule has 0 bridgehead atoms. The minimum absolute atomic E-state index is 0.0889. The Morgan fingerprint density at radius 1 is 1.09 bits per heavy atom. The quantitative estimate of drug-likeness (QED) is 0.572. The zero-order valence-electron chi connectivity index (χ0n) is 20.0. The number of amides is 2. The zero-order chi connectivity index (χ0) is 24.0. The first-order valence-corrected chi connectivity index (χ1v) is 12.0. The van der Waals surface area contributed by atoms with Gasteiger partial charge < -0.3 is 19.9 Å². The van der Waals surface area contributed by atoms with Crippen molar-refractivity contribution >= 4 is 34.8 Å². The molecule has 6 nitrogen and oxygen atoms in total. The largest absolute Gasteiger partial charge is 0.483 e. The van der Waals surface area contributed by atoms with Crippen LogP contribution >= 0.6 is 11.6 Å². The third-order valence-electron chi connectivity index (χ3n) is 5.82. The number of anilines is 2. The molecule has 0 aromatic heterocycles. The molecule has 0 unspecified atom stereocenters. The molecule has 1 heterocycles. The van der Waals surface area contributed by atoms with Crippen LogP contribution in [0.4, 0.5) is 11.4 Å². The summed E-state index contributed by atoms with van der Waals surface area (Å²) in [6, 6.07) is 11.6. The topological polar surface area (TPSA) is 61.9 Å². The van der Waals surface area contributed by atoms with Crippen molar-refractivity contribution in [3.8, 4) is 5.75 Å². The van der Waals surface area contributed by atoms with Gasteiger partial charge in [-0.15, -0.1) is 0 Å². The number of hydrogen-bond acceptors (Lipinski definition) is 4. The lowest BCUT2D eigenvalue weighted by Crippen LogP contribution is -2.49. The van der Waals surface area contributed by atoms with Gasteiger partial charge in [0.05, 0.1) is 11.4 Å². The van der Waals surface area contributed by atoms with Crippen molar-refractivity contribution in [2.75, 3.05) is 43.0 Å². The normalized spacial score (nSPS) is 13.9. The van der Waals surface area contributed by atoms with Gasteiger partial charge in [0, 0.05) is 37.6 Å². The van der Waals surface area contributed by atoms with Crippen LogP contribution in [0.15, 0.2) is 36.4 Å². The summed E-state index contributed by atoms with van der Waals surface area (Å²) in [5, 5.41) is 3.51. The molecular formula is C26H34ClN3O3. The van der Waals surface area contributed by atoms with E-state index >= 15 is 0 Å². The molecular weight excluding hydrogens is 438 g/mol. The van der Waals surface area contributed by atoms with Crippen LogP contribution in [0.3, 0.4) is 0 Å². The SMILES string of the molecule is CCCC(=O)N1CCN(c2ccc(Cl)cc2NC(=O)COc2cc(C)ccc2C(C)C)CC1. The van der Waals surface area contributed by atoms with Crippen molar-refractivity contribution in [3.63, 3.8) is 0 Å². The predicted octanol–water partition coefficient (Wildman–Crippen LogP) is 5.24. The van der Waals surface area contributed by atoms with E-state index in [1.54, 1.807) is 6.07 Å². The third-order valence-corrected chi connectivity index (χ3v) is 6.05. The first kappa shape index (κ1) is 24.9. The number of hydrogen-bond donors (Lipinski definition) is 1. The molecule has 1 aliphatic heterocycles. The van der Waals surface area contributed by atoms with E-state index in [4.69, 9.17) is 16.3 Å². The molecule has 2 aromatic rings. The molecule has 2 aromatic carbocycles. The second-order valence-electron chi connectivity index (χ2n) is 8.81. The number of rotatable bonds is 8. The van der Waals surface area contributed by atoms with Crippen LogP contribution in [0.25, 0.3) is 0 Å². The molecule has 0 spiro atoms. The van der Waals surface area contributed by atoms with Crippen LogP contribution < -0.4 is 15.0 Å². The molecule has 0 saturated carbocycles. The Morgan fingerprint density at radius 3 is 2.48 bits per heavy atom. The Balaban J connectivity index is 1.66. The highest BCUT2D eigenvalue weighted by Crippen LogP contribution is 2.31. The van der Waals surface area contributed by atoms with Gasteiger partial charge in [-0.1, -0.05) is 44.5 Å². The number of piperazine rings is 1. The lowest BCUT2D eigenvalue weighted by atomic mass is 10.0. The molecule has 2 amide bonds. The fraction of sp³-hybridized carbons (Fsp3) is 0.462. The average Bonchev–Trinajstić information content (AvgIpc) is 2.78. The van der Waals surface area contributed by atoms with E-state index in [0.29, 0.717) is 49.2 Å². The van der Waals surface area contributed by atoms with Gasteiger partial charge in [0.1, 0.15) is 5.75 Å². The summed E-state index contributed by atoms with van der Waals surface area (Å²) in [6.07, 6.45) is 1.44. The first-order chi connectivity index (χ1) is 15.8. The van der Waals surface area contributed by atoms with Crippen molar-refractivity contribution in [1.82, 2.24) is 4.90 Å². The van der Waals surface area contributed by atoms with Gasteiger partial charge in [0.25, 0.3) is 5.91 Å². The Hall–Kier alpha value is -2.73. The van der Waals surface area contributed by atoms with E-state index in [0.717, 1.165) is 29.0 Å². The molecule has 178 valence electrons. The van der Waals surface area contributed by atoms with Crippen molar-refractivity contribution in [2.24, 2.45) is 0 Å². The van der Waals surface area contributed by atoms with Gasteiger partial charge in [0.15, 0.2) is 6.61 Å². The number of carbonyl (C=O) groups is 2. The van der Waals surface area contributed by atoms with Crippen LogP contribution in [-0.2, 0) is 9.59 Å². The highest BCUT2D eigenvalue weighted by molar-refractivity contribution is 6.31. The van der Waals surface area contributed by atoms with E-state index in [1.807, 2.05) is 43.0 Å². The predicted molar refractivity (Wildman–Crippen MR) is 135 cm³/mol. The summed E-state index contributed by atoms with van der Waals surface area (Å²) in [7, 11) is 0. The second kappa shape index (κ2) is 11.4. The molecule has 1 N–H and O–H groups in total. The summed E-state index contributed by atoms with van der Waals surface area (Å²) < 4.78 is 5.89. The van der Waals surface area contributed by atoms with Crippen LogP contribution in [-0.4, -0.2) is 49.5 Å². The zero-order valence-corrected chi connectivity index (χ0v) is 20.7. The van der Waals surface area contributed by atoms with E-state index in [9.17, 15) is 9.59 Å². The number of halogens is 1. The Bertz CT molecular complexity index is 985. The monoisotopic (exact) mass is 471 g/mol. The number of ether oxygens (including phenoxy) is 1. The smallest absolute Gasteiger partial charge is 0.262 e. The minimum atomic E-state index is -0.244. The number of aryl methyl sites for hydroxylation is 1. The second-order valence-corrected chi connectivity index (χ2v) is 9.25. The van der Waals surface area contributed by atoms with Gasteiger partial charge >= 0.3 is 0 Å². The maximum Gasteiger partial charge on any atom is 0.262 e. The standard InChI is InChI=1S/C26H34ClN3O3/c1-5-6-26(32)30-13-11-29(12-14-30)23-10-8-20(27)16-22(23)28-25(31)17-33-24-15-19(4)7-9-21(24)18(2)3/h7-10,15-16,18H,5-6,11-14,17H2,1-4H3,(H,28,31). The molecule has 0 atom stereocenters. The lowest BCUT2D eigenvalue weighted by Gasteiger charge is -2.37. The lowest BCUT2D eigenvalue weighted by molar-refractivity contribution is -0.131. The molecule has 0 aliphatic carbocycles. The van der Waals surface area contributed by atoms with E-state index in [-0.39, 0.29) is 18.4 Å². The first-order valence-electron chi connectivity index (χ1n) is 11.6. The fourth-order valence-electron chi connectivity index (χ4n) is 4.03. The fourth-order valence-corrected chi connectivity index (χ4v) is 4.20. The minimum Gasteiger partial charge on any atom is -0.483 e. The Kier molecular flexibility index (Phi) is 8.61. The van der Waals surface area contributed by atoms with Crippen LogP contribution in [0.5, 0.6) is 5.75 Å². The van der Waals surface area contributed by atoms with Crippen molar-refractivity contribution in [1.29, 1.82) is 0 Å². The summed E-state index contributed by atoms with van der Waals surface area (Å²) in [4.78, 5) is 29.0. The Labute approximate surface area is 201 Å². The summed E-state index contributed by atoms with van der Waals surface area (Å²) in [5.74, 6) is 0.993. The van der Waals surface area contributed by atoms with E-state index in [1.165, 1.54) is 0 Å². The molecule has 3 rings (SSSR count). The summed E-state index contributed by atoms with van der Waals surface area (Å²) >= 11 is 6.23. The van der Waals surface area contributed by atoms with Gasteiger partial charge in [-0.2, -0.15) is 0 Å². The molecule has 1 aliphatic rings. The van der Waals surface area contributed by atoms with Crippen molar-refractivity contribution in [2.45, 2.75) is 46.5 Å². The van der Waals surface area contributed by atoms with Crippen LogP contribution in [0, 0.1) is 6.92 Å². The van der Waals surface area contributed by atoms with Crippen LogP contribution in [0.2, 0.25) is 5.02 Å². The maximum absolute atomic E-state index is 12.8. The summed E-state index contributed by atoms with van der Waals surface area (Å²) in [5.41, 5.74) is 3.71. The Morgan fingerprint density at radius 2 is 1.82 bits per heavy atom. The molecule has 0 radical (unpaired) electrons. The molecule has 33 heavy (non-hydrogen) atoms. The van der Waals surface area contributed by atoms with Crippen molar-refractivity contribution in [3.05, 3.63) is 52.5 Å². The number of carbonyl (C=O) groups excluding carboxylic acids is 2. The average molecular weight is 472 g/mol. The number of benzene rings is 2. The molecule has 1 fully saturated rings. The third kappa shape index (κ3) is 6.64. The van der Waals surface area contributed by atoms with E-state index < -0.39 is 0 Å². The number of nitrogens with one attached hydrogen (secondary N) is 1. The van der Waals surface area contributed by atoms with Crippen LogP contribution in [0.1, 0.15) is 50.7 Å².